The standard InChI is InChI=1S/C13H15NO3S/c1-9-2-4-12(5-3-9)18(16,17)14-7-10-6-11(8-14)13(10)15/h2-5,10-11H,6-8H2,1H3. The van der Waals surface area contributed by atoms with E-state index in [1.54, 1.807) is 24.3 Å². The van der Waals surface area contributed by atoms with Gasteiger partial charge in [-0.3, -0.25) is 4.79 Å². The van der Waals surface area contributed by atoms with Crippen molar-refractivity contribution in [1.29, 1.82) is 0 Å². The lowest BCUT2D eigenvalue weighted by Crippen LogP contribution is -2.57. The van der Waals surface area contributed by atoms with Crippen molar-refractivity contribution in [3.05, 3.63) is 29.8 Å². The summed E-state index contributed by atoms with van der Waals surface area (Å²) in [7, 11) is -3.42. The number of fused-ring (bicyclic) bond motifs is 2. The first-order valence-corrected chi connectivity index (χ1v) is 7.53. The number of benzene rings is 1. The highest BCUT2D eigenvalue weighted by molar-refractivity contribution is 7.89. The van der Waals surface area contributed by atoms with E-state index in [1.807, 2.05) is 6.92 Å². The molecule has 1 aromatic carbocycles. The smallest absolute Gasteiger partial charge is 0.243 e. The third kappa shape index (κ3) is 1.69. The van der Waals surface area contributed by atoms with Crippen LogP contribution in [0.3, 0.4) is 0 Å². The molecule has 0 N–H and O–H groups in total. The van der Waals surface area contributed by atoms with Gasteiger partial charge < -0.3 is 0 Å². The van der Waals surface area contributed by atoms with E-state index in [0.29, 0.717) is 18.0 Å². The van der Waals surface area contributed by atoms with Crippen molar-refractivity contribution in [3.63, 3.8) is 0 Å². The Morgan fingerprint density at radius 2 is 1.67 bits per heavy atom. The Balaban J connectivity index is 1.87. The second-order valence-electron chi connectivity index (χ2n) is 5.17. The lowest BCUT2D eigenvalue weighted by atomic mass is 9.70. The van der Waals surface area contributed by atoms with Crippen LogP contribution in [0.15, 0.2) is 29.2 Å². The van der Waals surface area contributed by atoms with Gasteiger partial charge in [-0.05, 0) is 25.5 Å². The molecule has 2 atom stereocenters. The Labute approximate surface area is 107 Å². The van der Waals surface area contributed by atoms with E-state index in [4.69, 9.17) is 0 Å². The van der Waals surface area contributed by atoms with E-state index in [2.05, 4.69) is 0 Å². The maximum absolute atomic E-state index is 12.4. The predicted octanol–water partition coefficient (Wildman–Crippen LogP) is 1.20. The number of Topliss-reactive ketones (excluding diaryl/α,β-unsaturated/α-hetero) is 1. The number of nitrogens with zero attached hydrogens (tertiary/aromatic N) is 1. The molecular weight excluding hydrogens is 250 g/mol. The SMILES string of the molecule is Cc1ccc(S(=O)(=O)N2CC3CC(C2)C3=O)cc1. The molecule has 3 aliphatic rings. The molecule has 1 aliphatic carbocycles. The number of piperidine rings is 2. The molecule has 4 rings (SSSR count). The molecule has 2 aliphatic heterocycles. The van der Waals surface area contributed by atoms with E-state index < -0.39 is 10.0 Å². The summed E-state index contributed by atoms with van der Waals surface area (Å²) in [6, 6.07) is 6.85. The van der Waals surface area contributed by atoms with Crippen molar-refractivity contribution in [3.8, 4) is 0 Å². The number of carbonyl (C=O) groups excluding carboxylic acids is 1. The number of carbonyl (C=O) groups is 1. The van der Waals surface area contributed by atoms with Gasteiger partial charge in [0, 0.05) is 24.9 Å². The molecule has 96 valence electrons. The highest BCUT2D eigenvalue weighted by Gasteiger charge is 2.48. The van der Waals surface area contributed by atoms with Crippen LogP contribution in [-0.4, -0.2) is 31.6 Å². The third-order valence-corrected chi connectivity index (χ3v) is 5.73. The summed E-state index contributed by atoms with van der Waals surface area (Å²) in [6.07, 6.45) is 0.860. The second-order valence-corrected chi connectivity index (χ2v) is 7.10. The van der Waals surface area contributed by atoms with Gasteiger partial charge in [0.05, 0.1) is 4.90 Å². The lowest BCUT2D eigenvalue weighted by molar-refractivity contribution is -0.140. The summed E-state index contributed by atoms with van der Waals surface area (Å²) in [4.78, 5) is 11.8. The first-order chi connectivity index (χ1) is 8.48. The van der Waals surface area contributed by atoms with E-state index in [1.165, 1.54) is 4.31 Å². The minimum absolute atomic E-state index is 0.0658. The monoisotopic (exact) mass is 265 g/mol. The average molecular weight is 265 g/mol. The molecule has 2 saturated heterocycles. The van der Waals surface area contributed by atoms with E-state index in [9.17, 15) is 13.2 Å². The highest BCUT2D eigenvalue weighted by atomic mass is 32.2. The van der Waals surface area contributed by atoms with Crippen LogP contribution in [0.1, 0.15) is 12.0 Å². The first-order valence-electron chi connectivity index (χ1n) is 6.09. The Morgan fingerprint density at radius 1 is 1.11 bits per heavy atom. The Bertz CT molecular complexity index is 577. The molecular formula is C13H15NO3S. The van der Waals surface area contributed by atoms with E-state index >= 15 is 0 Å². The largest absolute Gasteiger partial charge is 0.299 e. The van der Waals surface area contributed by atoms with Gasteiger partial charge in [-0.1, -0.05) is 17.7 Å². The van der Waals surface area contributed by atoms with Crippen molar-refractivity contribution in [2.75, 3.05) is 13.1 Å². The van der Waals surface area contributed by atoms with Gasteiger partial charge in [-0.25, -0.2) is 8.42 Å². The first kappa shape index (κ1) is 11.9. The molecule has 0 spiro atoms. The number of hydrogen-bond acceptors (Lipinski definition) is 3. The van der Waals surface area contributed by atoms with Crippen LogP contribution in [0.25, 0.3) is 0 Å². The van der Waals surface area contributed by atoms with Gasteiger partial charge in [0.15, 0.2) is 0 Å². The average Bonchev–Trinajstić information content (AvgIpc) is 2.38. The summed E-state index contributed by atoms with van der Waals surface area (Å²) >= 11 is 0. The number of rotatable bonds is 2. The van der Waals surface area contributed by atoms with Gasteiger partial charge in [0.25, 0.3) is 0 Å². The fourth-order valence-electron chi connectivity index (χ4n) is 2.70. The van der Waals surface area contributed by atoms with Crippen LogP contribution in [-0.2, 0) is 14.8 Å². The summed E-state index contributed by atoms with van der Waals surface area (Å²) in [5, 5.41) is 0. The normalized spacial score (nSPS) is 27.9. The highest BCUT2D eigenvalue weighted by Crippen LogP contribution is 2.38. The number of aryl methyl sites for hydroxylation is 1. The van der Waals surface area contributed by atoms with Crippen LogP contribution in [0.5, 0.6) is 0 Å². The minimum atomic E-state index is -3.42. The van der Waals surface area contributed by atoms with Crippen molar-refractivity contribution in [2.24, 2.45) is 11.8 Å². The lowest BCUT2D eigenvalue weighted by Gasteiger charge is -2.44. The zero-order valence-corrected chi connectivity index (χ0v) is 11.0. The molecule has 0 amide bonds. The van der Waals surface area contributed by atoms with Crippen molar-refractivity contribution in [1.82, 2.24) is 4.31 Å². The molecule has 4 nitrogen and oxygen atoms in total. The second kappa shape index (κ2) is 3.90. The van der Waals surface area contributed by atoms with Gasteiger partial charge in [0.1, 0.15) is 5.78 Å². The third-order valence-electron chi connectivity index (χ3n) is 3.88. The zero-order valence-electron chi connectivity index (χ0n) is 10.2. The molecule has 5 heteroatoms. The fourth-order valence-corrected chi connectivity index (χ4v) is 4.23. The van der Waals surface area contributed by atoms with E-state index in [-0.39, 0.29) is 17.6 Å². The molecule has 0 radical (unpaired) electrons. The van der Waals surface area contributed by atoms with Crippen LogP contribution in [0.2, 0.25) is 0 Å². The van der Waals surface area contributed by atoms with Crippen LogP contribution < -0.4 is 0 Å². The molecule has 18 heavy (non-hydrogen) atoms. The molecule has 1 aromatic rings. The predicted molar refractivity (Wildman–Crippen MR) is 66.5 cm³/mol. The maximum atomic E-state index is 12.4. The van der Waals surface area contributed by atoms with Gasteiger partial charge in [-0.2, -0.15) is 4.31 Å². The Morgan fingerprint density at radius 3 is 2.17 bits per heavy atom. The molecule has 2 bridgehead atoms. The summed E-state index contributed by atoms with van der Waals surface area (Å²) in [5.74, 6) is 0.110. The number of sulfonamides is 1. The summed E-state index contributed by atoms with van der Waals surface area (Å²) < 4.78 is 26.2. The molecule has 1 saturated carbocycles. The molecule has 2 unspecified atom stereocenters. The minimum Gasteiger partial charge on any atom is -0.299 e. The maximum Gasteiger partial charge on any atom is 0.243 e. The van der Waals surface area contributed by atoms with Crippen LogP contribution >= 0.6 is 0 Å². The molecule has 2 heterocycles. The van der Waals surface area contributed by atoms with Crippen molar-refractivity contribution < 1.29 is 13.2 Å². The number of ketones is 1. The Hall–Kier alpha value is -1.20. The van der Waals surface area contributed by atoms with Crippen molar-refractivity contribution in [2.45, 2.75) is 18.2 Å². The zero-order chi connectivity index (χ0) is 12.9. The van der Waals surface area contributed by atoms with Crippen LogP contribution in [0.4, 0.5) is 0 Å². The van der Waals surface area contributed by atoms with Crippen molar-refractivity contribution >= 4 is 15.8 Å². The van der Waals surface area contributed by atoms with E-state index in [0.717, 1.165) is 12.0 Å². The summed E-state index contributed by atoms with van der Waals surface area (Å²) in [5.41, 5.74) is 1.03. The van der Waals surface area contributed by atoms with Gasteiger partial charge in [0.2, 0.25) is 10.0 Å². The quantitative estimate of drug-likeness (QED) is 0.807. The fraction of sp³-hybridized carbons (Fsp3) is 0.462. The van der Waals surface area contributed by atoms with Gasteiger partial charge >= 0.3 is 0 Å². The topological polar surface area (TPSA) is 54.5 Å². The number of hydrogen-bond donors (Lipinski definition) is 0. The van der Waals surface area contributed by atoms with Crippen LogP contribution in [0, 0.1) is 18.8 Å². The van der Waals surface area contributed by atoms with Gasteiger partial charge in [-0.15, -0.1) is 0 Å². The summed E-state index contributed by atoms with van der Waals surface area (Å²) in [6.45, 7) is 2.63. The molecule has 0 aromatic heterocycles. The Kier molecular flexibility index (Phi) is 2.57. The molecule has 3 fully saturated rings.